The molecule has 0 aliphatic carbocycles. The molecule has 3 heterocycles. The van der Waals surface area contributed by atoms with Crippen molar-refractivity contribution in [2.75, 3.05) is 191 Å². The van der Waals surface area contributed by atoms with Crippen LogP contribution in [0.3, 0.4) is 0 Å². The van der Waals surface area contributed by atoms with Crippen LogP contribution in [0.15, 0.2) is 5.16 Å². The van der Waals surface area contributed by atoms with Crippen molar-refractivity contribution in [3.05, 3.63) is 0 Å². The van der Waals surface area contributed by atoms with E-state index in [9.17, 15) is 69.9 Å². The molecule has 3 fully saturated rings. The van der Waals surface area contributed by atoms with Crippen molar-refractivity contribution in [3.8, 4) is 0 Å². The predicted octanol–water partition coefficient (Wildman–Crippen LogP) is -2.40. The van der Waals surface area contributed by atoms with Gasteiger partial charge in [0.1, 0.15) is 59.8 Å². The molecular formula is C68H124N4O31. The van der Waals surface area contributed by atoms with Gasteiger partial charge in [0, 0.05) is 94.4 Å². The first-order valence-corrected chi connectivity index (χ1v) is 35.9. The first-order valence-electron chi connectivity index (χ1n) is 35.9. The number of rotatable bonds is 61. The third-order valence-corrected chi connectivity index (χ3v) is 16.8. The lowest BCUT2D eigenvalue weighted by Gasteiger charge is -2.46. The Balaban J connectivity index is 1.52. The number of hydrogen-bond acceptors (Lipinski definition) is 32. The van der Waals surface area contributed by atoms with Gasteiger partial charge in [-0.05, 0) is 32.6 Å². The van der Waals surface area contributed by atoms with E-state index < -0.39 is 122 Å². The summed E-state index contributed by atoms with van der Waals surface area (Å²) in [4.78, 5) is 70.1. The smallest absolute Gasteiger partial charge is 0.260 e. The highest BCUT2D eigenvalue weighted by molar-refractivity contribution is 5.79. The number of unbranched alkanes of at least 4 members (excludes halogenated alkanes) is 1. The van der Waals surface area contributed by atoms with Crippen molar-refractivity contribution < 1.29 is 151 Å². The van der Waals surface area contributed by atoms with Gasteiger partial charge in [-0.25, -0.2) is 0 Å². The highest BCUT2D eigenvalue weighted by atomic mass is 16.7. The lowest BCUT2D eigenvalue weighted by atomic mass is 9.82. The molecule has 15 atom stereocenters. The van der Waals surface area contributed by atoms with Gasteiger partial charge < -0.3 is 143 Å². The van der Waals surface area contributed by atoms with Crippen molar-refractivity contribution in [1.29, 1.82) is 0 Å². The molecule has 103 heavy (non-hydrogen) atoms. The molecule has 12 N–H and O–H groups in total. The molecule has 3 rings (SSSR count). The Morgan fingerprint density at radius 2 is 0.874 bits per heavy atom. The maximum absolute atomic E-state index is 13.7. The Morgan fingerprint density at radius 3 is 1.34 bits per heavy atom. The molecule has 3 saturated heterocycles. The Morgan fingerprint density at radius 1 is 0.447 bits per heavy atom. The molecule has 0 aromatic carbocycles. The topological polar surface area (TPSA) is 473 Å². The molecule has 3 amide bonds. The van der Waals surface area contributed by atoms with Crippen LogP contribution in [0.4, 0.5) is 0 Å². The molecular weight excluding hydrogens is 1370 g/mol. The van der Waals surface area contributed by atoms with Gasteiger partial charge in [0.2, 0.25) is 11.8 Å². The third-order valence-electron chi connectivity index (χ3n) is 16.8. The number of amides is 3. The highest BCUT2D eigenvalue weighted by Crippen LogP contribution is 2.34. The predicted molar refractivity (Wildman–Crippen MR) is 364 cm³/mol. The summed E-state index contributed by atoms with van der Waals surface area (Å²) in [5.41, 5.74) is -3.28. The molecule has 3 aliphatic rings. The Hall–Kier alpha value is -3.78. The molecule has 3 aliphatic heterocycles. The SMILES string of the molecule is C[C@@H]1C(O)[C@H](O)C(CO)O[C@@H]1OCCOCCOCCCC(=O)CCOCC(COCCC(=O)CCCOCCOCCO[C@H]1OC(CO)[C@@H](O)C(O)[C@H]1C)(COCCC(=O)NCCOCCOCCO[C@H]1OC(CO)[C@@](C)(O)C(O)[C@H]1C)NC(=O)COCCCCNC(=O)CON=CC(C)(C)C. The van der Waals surface area contributed by atoms with E-state index in [1.54, 1.807) is 27.0 Å². The van der Waals surface area contributed by atoms with Crippen molar-refractivity contribution in [2.45, 2.75) is 185 Å². The zero-order chi connectivity index (χ0) is 75.9. The maximum Gasteiger partial charge on any atom is 0.260 e. The number of ether oxygens (including phenoxy) is 16. The minimum atomic E-state index is -1.64. The number of carbonyl (C=O) groups is 5. The van der Waals surface area contributed by atoms with Gasteiger partial charge in [0.05, 0.1) is 164 Å². The minimum absolute atomic E-state index is 0.0185. The number of carbonyl (C=O) groups excluding carboxylic acids is 5. The highest BCUT2D eigenvalue weighted by Gasteiger charge is 2.51. The molecule has 35 heteroatoms. The van der Waals surface area contributed by atoms with E-state index in [0.717, 1.165) is 0 Å². The monoisotopic (exact) mass is 1490 g/mol. The fraction of sp³-hybridized carbons (Fsp3) is 0.912. The van der Waals surface area contributed by atoms with Gasteiger partial charge in [-0.3, -0.25) is 24.0 Å². The largest absolute Gasteiger partial charge is 0.394 e. The summed E-state index contributed by atoms with van der Waals surface area (Å²) in [7, 11) is 0. The number of nitrogens with one attached hydrogen (secondary N) is 3. The number of hydrogen-bond donors (Lipinski definition) is 12. The van der Waals surface area contributed by atoms with Crippen LogP contribution in [0.5, 0.6) is 0 Å². The van der Waals surface area contributed by atoms with E-state index in [1.807, 2.05) is 20.8 Å². The summed E-state index contributed by atoms with van der Waals surface area (Å²) in [5.74, 6) is -3.13. The van der Waals surface area contributed by atoms with E-state index in [2.05, 4.69) is 21.1 Å². The normalized spacial score (nSPS) is 26.6. The molecule has 0 aromatic heterocycles. The summed E-state index contributed by atoms with van der Waals surface area (Å²) < 4.78 is 91.3. The summed E-state index contributed by atoms with van der Waals surface area (Å²) >= 11 is 0. The summed E-state index contributed by atoms with van der Waals surface area (Å²) in [6.45, 7) is 12.9. The standard InChI is InChI=1S/C68H124N4O31/c1-47-58(81)60(83)52(38-73)101-63(47)97-35-32-90-29-26-87-20-10-12-50(76)14-22-94-44-68(72-57(80)41-93-19-9-8-17-69-56(79)42-100-71-43-66(4,5)6,45-95-23-15-51(77)13-11-21-88-27-30-91-33-36-98-64-48(2)59(82)61(84)53(39-74)102-64)46-96-24-16-55(78)70-18-25-89-28-31-92-34-37-99-65-49(3)62(85)67(7,86)54(40-75)103-65/h43,47-49,52-54,58-65,73-75,81-86H,8-42,44-46H2,1-7H3,(H,69,79)(H,70,78)(H,72,80)/t47-,48-,49-,52?,53?,54?,58?,59?,60-,61-,62?,63+,64+,65+,67-,68?/m1/s1. The van der Waals surface area contributed by atoms with Gasteiger partial charge in [-0.1, -0.05) is 46.7 Å². The van der Waals surface area contributed by atoms with Crippen molar-refractivity contribution in [3.63, 3.8) is 0 Å². The maximum atomic E-state index is 13.7. The fourth-order valence-electron chi connectivity index (χ4n) is 10.5. The number of aliphatic hydroxyl groups is 9. The molecule has 0 aromatic rings. The van der Waals surface area contributed by atoms with E-state index in [1.165, 1.54) is 6.92 Å². The third kappa shape index (κ3) is 39.2. The van der Waals surface area contributed by atoms with Crippen LogP contribution in [0, 0.1) is 23.2 Å². The molecule has 6 unspecified atom stereocenters. The van der Waals surface area contributed by atoms with Gasteiger partial charge >= 0.3 is 0 Å². The van der Waals surface area contributed by atoms with E-state index >= 15 is 0 Å². The van der Waals surface area contributed by atoms with Crippen LogP contribution >= 0.6 is 0 Å². The summed E-state index contributed by atoms with van der Waals surface area (Å²) in [5, 5.41) is 102. The molecule has 602 valence electrons. The minimum Gasteiger partial charge on any atom is -0.394 e. The van der Waals surface area contributed by atoms with Crippen molar-refractivity contribution in [2.24, 2.45) is 28.3 Å². The van der Waals surface area contributed by atoms with Crippen molar-refractivity contribution >= 4 is 35.5 Å². The van der Waals surface area contributed by atoms with Crippen LogP contribution in [-0.2, 0) is 105 Å². The Labute approximate surface area is 605 Å². The number of nitrogens with zero attached hydrogens (tertiary/aromatic N) is 1. The van der Waals surface area contributed by atoms with Crippen LogP contribution in [0.25, 0.3) is 0 Å². The van der Waals surface area contributed by atoms with Gasteiger partial charge in [-0.15, -0.1) is 0 Å². The van der Waals surface area contributed by atoms with Crippen molar-refractivity contribution in [1.82, 2.24) is 16.0 Å². The Bertz CT molecular complexity index is 2210. The zero-order valence-corrected chi connectivity index (χ0v) is 61.5. The average molecular weight is 1490 g/mol. The number of ketones is 2. The van der Waals surface area contributed by atoms with Gasteiger partial charge in [0.15, 0.2) is 25.5 Å². The Kier molecular flexibility index (Phi) is 48.9. The van der Waals surface area contributed by atoms with Crippen LogP contribution in [0.2, 0.25) is 0 Å². The zero-order valence-electron chi connectivity index (χ0n) is 61.5. The second-order valence-electron chi connectivity index (χ2n) is 27.0. The molecule has 35 nitrogen and oxygen atoms in total. The lowest BCUT2D eigenvalue weighted by molar-refractivity contribution is -0.312. The van der Waals surface area contributed by atoms with Gasteiger partial charge in [-0.2, -0.15) is 0 Å². The number of oxime groups is 1. The molecule has 0 saturated carbocycles. The molecule has 0 spiro atoms. The quantitative estimate of drug-likeness (QED) is 0.0172. The first-order chi connectivity index (χ1) is 49.3. The second-order valence-corrected chi connectivity index (χ2v) is 27.0. The summed E-state index contributed by atoms with van der Waals surface area (Å²) in [6, 6.07) is 0. The lowest BCUT2D eigenvalue weighted by Crippen LogP contribution is -2.63. The summed E-state index contributed by atoms with van der Waals surface area (Å²) in [6.07, 6.45) is -7.61. The molecule has 0 radical (unpaired) electrons. The van der Waals surface area contributed by atoms with E-state index in [4.69, 9.17) is 80.6 Å². The molecule has 0 bridgehead atoms. The second kappa shape index (κ2) is 53.9. The number of aliphatic hydroxyl groups excluding tert-OH is 8. The van der Waals surface area contributed by atoms with Crippen LogP contribution in [0.1, 0.15) is 106 Å². The average Bonchev–Trinajstić information content (AvgIpc) is 0.792. The van der Waals surface area contributed by atoms with E-state index in [-0.39, 0.29) is 226 Å². The first kappa shape index (κ1) is 93.4. The van der Waals surface area contributed by atoms with Crippen LogP contribution < -0.4 is 16.0 Å². The number of Topliss-reactive ketones (excluding diaryl/α,β-unsaturated/α-hetero) is 2. The van der Waals surface area contributed by atoms with E-state index in [0.29, 0.717) is 32.2 Å². The van der Waals surface area contributed by atoms with Crippen LogP contribution in [-0.4, -0.2) is 352 Å². The fourth-order valence-corrected chi connectivity index (χ4v) is 10.5. The van der Waals surface area contributed by atoms with Gasteiger partial charge in [0.25, 0.3) is 5.91 Å².